The molecule has 0 radical (unpaired) electrons. The van der Waals surface area contributed by atoms with Crippen LogP contribution in [-0.2, 0) is 0 Å². The fourth-order valence-electron chi connectivity index (χ4n) is 3.21. The molecule has 0 aliphatic carbocycles. The minimum Gasteiger partial charge on any atom is -0.476 e. The number of nitrogens with one attached hydrogen (secondary N) is 1. The maximum Gasteiger partial charge on any atom is 0.273 e. The number of hydrogen-bond donors (Lipinski definition) is 1. The third kappa shape index (κ3) is 4.74. The second kappa shape index (κ2) is 8.76. The Morgan fingerprint density at radius 3 is 2.86 bits per heavy atom. The quantitative estimate of drug-likeness (QED) is 0.607. The molecule has 1 amide bonds. The fraction of sp³-hybridized carbons (Fsp3) is 0.400. The molecule has 1 aliphatic heterocycles. The summed E-state index contributed by atoms with van der Waals surface area (Å²) in [4.78, 5) is 23.3. The molecule has 0 unspecified atom stereocenters. The number of ether oxygens (including phenoxy) is 1. The van der Waals surface area contributed by atoms with E-state index in [1.54, 1.807) is 12.1 Å². The Kier molecular flexibility index (Phi) is 5.73. The molecule has 152 valence electrons. The van der Waals surface area contributed by atoms with Gasteiger partial charge in [0.25, 0.3) is 5.91 Å². The van der Waals surface area contributed by atoms with E-state index in [0.29, 0.717) is 29.8 Å². The summed E-state index contributed by atoms with van der Waals surface area (Å²) in [7, 11) is 0. The van der Waals surface area contributed by atoms with Gasteiger partial charge in [-0.05, 0) is 38.3 Å². The molecule has 0 atom stereocenters. The lowest BCUT2D eigenvalue weighted by atomic mass is 10.1. The first-order chi connectivity index (χ1) is 14.2. The molecule has 4 heterocycles. The molecule has 0 bridgehead atoms. The van der Waals surface area contributed by atoms with E-state index in [0.717, 1.165) is 18.9 Å². The van der Waals surface area contributed by atoms with E-state index in [4.69, 9.17) is 13.7 Å². The highest BCUT2D eigenvalue weighted by Crippen LogP contribution is 2.22. The summed E-state index contributed by atoms with van der Waals surface area (Å²) in [5.74, 6) is 2.64. The molecule has 9 heteroatoms. The van der Waals surface area contributed by atoms with Crippen LogP contribution in [0.5, 0.6) is 5.88 Å². The molecule has 0 aromatic carbocycles. The maximum absolute atomic E-state index is 12.2. The topological polar surface area (TPSA) is 107 Å². The summed E-state index contributed by atoms with van der Waals surface area (Å²) in [6.45, 7) is 4.45. The van der Waals surface area contributed by atoms with Gasteiger partial charge in [0.1, 0.15) is 18.2 Å². The number of rotatable bonds is 7. The lowest BCUT2D eigenvalue weighted by Crippen LogP contribution is -2.30. The summed E-state index contributed by atoms with van der Waals surface area (Å²) in [6.07, 6.45) is 5.14. The summed E-state index contributed by atoms with van der Waals surface area (Å²) in [6, 6.07) is 6.86. The fourth-order valence-corrected chi connectivity index (χ4v) is 3.21. The molecule has 0 spiro atoms. The highest BCUT2D eigenvalue weighted by molar-refractivity contribution is 5.92. The Hall–Kier alpha value is -3.36. The van der Waals surface area contributed by atoms with Crippen LogP contribution in [0.1, 0.15) is 35.6 Å². The summed E-state index contributed by atoms with van der Waals surface area (Å²) < 4.78 is 16.1. The molecular formula is C20H23N5O4. The predicted molar refractivity (Wildman–Crippen MR) is 105 cm³/mol. The van der Waals surface area contributed by atoms with Gasteiger partial charge in [-0.2, -0.15) is 4.98 Å². The van der Waals surface area contributed by atoms with Crippen molar-refractivity contribution in [1.82, 2.24) is 20.4 Å². The number of carbonyl (C=O) groups excluding carboxylic acids is 1. The van der Waals surface area contributed by atoms with Crippen molar-refractivity contribution in [2.24, 2.45) is 0 Å². The number of aromatic nitrogens is 3. The van der Waals surface area contributed by atoms with Crippen molar-refractivity contribution in [2.45, 2.75) is 26.2 Å². The molecule has 9 nitrogen and oxygen atoms in total. The highest BCUT2D eigenvalue weighted by atomic mass is 16.5. The van der Waals surface area contributed by atoms with Crippen LogP contribution in [0.4, 0.5) is 5.82 Å². The number of hydrogen-bond acceptors (Lipinski definition) is 8. The van der Waals surface area contributed by atoms with Crippen molar-refractivity contribution in [3.8, 4) is 17.4 Å². The summed E-state index contributed by atoms with van der Waals surface area (Å²) >= 11 is 0. The maximum atomic E-state index is 12.2. The lowest BCUT2D eigenvalue weighted by Gasteiger charge is -2.28. The molecule has 4 rings (SSSR count). The van der Waals surface area contributed by atoms with Gasteiger partial charge in [-0.3, -0.25) is 4.79 Å². The van der Waals surface area contributed by atoms with Crippen LogP contribution in [0.2, 0.25) is 0 Å². The molecule has 1 saturated heterocycles. The average molecular weight is 397 g/mol. The lowest BCUT2D eigenvalue weighted by molar-refractivity contribution is 0.0937. The van der Waals surface area contributed by atoms with Crippen molar-refractivity contribution in [2.75, 3.05) is 31.1 Å². The van der Waals surface area contributed by atoms with E-state index < -0.39 is 0 Å². The number of aryl methyl sites for hydroxylation is 1. The molecular weight excluding hydrogens is 374 g/mol. The number of carbonyl (C=O) groups is 1. The van der Waals surface area contributed by atoms with Gasteiger partial charge >= 0.3 is 0 Å². The normalized spacial score (nSPS) is 14.0. The molecule has 0 saturated carbocycles. The molecule has 1 N–H and O–H groups in total. The molecule has 1 aliphatic rings. The zero-order chi connectivity index (χ0) is 20.1. The standard InChI is InChI=1S/C20H23N5O4/c1-14-22-18(25-8-3-2-4-9-25)13-19(23-14)28-11-7-21-20(26)15-12-17(29-24-15)16-6-5-10-27-16/h5-6,10,12-13H,2-4,7-9,11H2,1H3,(H,21,26). The third-order valence-electron chi connectivity index (χ3n) is 4.63. The zero-order valence-corrected chi connectivity index (χ0v) is 16.3. The molecule has 3 aromatic heterocycles. The van der Waals surface area contributed by atoms with Gasteiger partial charge in [0.05, 0.1) is 12.8 Å². The van der Waals surface area contributed by atoms with Gasteiger partial charge < -0.3 is 23.9 Å². The number of anilines is 1. The minimum absolute atomic E-state index is 0.182. The number of nitrogens with zero attached hydrogens (tertiary/aromatic N) is 4. The van der Waals surface area contributed by atoms with Gasteiger partial charge in [0, 0.05) is 25.2 Å². The van der Waals surface area contributed by atoms with Crippen LogP contribution in [-0.4, -0.2) is 47.3 Å². The largest absolute Gasteiger partial charge is 0.476 e. The van der Waals surface area contributed by atoms with Gasteiger partial charge in [-0.15, -0.1) is 0 Å². The van der Waals surface area contributed by atoms with Gasteiger partial charge in [0.15, 0.2) is 11.5 Å². The van der Waals surface area contributed by atoms with Crippen LogP contribution >= 0.6 is 0 Å². The van der Waals surface area contributed by atoms with E-state index in [9.17, 15) is 4.79 Å². The second-order valence-electron chi connectivity index (χ2n) is 6.82. The van der Waals surface area contributed by atoms with Gasteiger partial charge in [-0.25, -0.2) is 4.98 Å². The second-order valence-corrected chi connectivity index (χ2v) is 6.82. The Bertz CT molecular complexity index is 948. The predicted octanol–water partition coefficient (Wildman–Crippen LogP) is 2.83. The minimum atomic E-state index is -0.344. The number of amides is 1. The smallest absolute Gasteiger partial charge is 0.273 e. The van der Waals surface area contributed by atoms with Gasteiger partial charge in [-0.1, -0.05) is 5.16 Å². The van der Waals surface area contributed by atoms with Crippen molar-refractivity contribution < 1.29 is 18.5 Å². The summed E-state index contributed by atoms with van der Waals surface area (Å²) in [5.41, 5.74) is 0.182. The van der Waals surface area contributed by atoms with Gasteiger partial charge in [0.2, 0.25) is 11.6 Å². The van der Waals surface area contributed by atoms with Crippen molar-refractivity contribution in [1.29, 1.82) is 0 Å². The first-order valence-corrected chi connectivity index (χ1v) is 9.71. The Morgan fingerprint density at radius 2 is 2.07 bits per heavy atom. The first-order valence-electron chi connectivity index (χ1n) is 9.71. The molecule has 3 aromatic rings. The molecule has 29 heavy (non-hydrogen) atoms. The van der Waals surface area contributed by atoms with Crippen LogP contribution in [0.25, 0.3) is 11.5 Å². The Labute approximate surface area is 168 Å². The Balaban J connectivity index is 1.28. The third-order valence-corrected chi connectivity index (χ3v) is 4.63. The number of furan rings is 1. The first kappa shape index (κ1) is 19.0. The average Bonchev–Trinajstić information content (AvgIpc) is 3.43. The van der Waals surface area contributed by atoms with E-state index >= 15 is 0 Å². The van der Waals surface area contributed by atoms with E-state index in [1.807, 2.05) is 13.0 Å². The summed E-state index contributed by atoms with van der Waals surface area (Å²) in [5, 5.41) is 6.52. The van der Waals surface area contributed by atoms with E-state index in [1.165, 1.54) is 31.6 Å². The Morgan fingerprint density at radius 1 is 1.21 bits per heavy atom. The zero-order valence-electron chi connectivity index (χ0n) is 16.3. The monoisotopic (exact) mass is 397 g/mol. The number of piperidine rings is 1. The molecule has 1 fully saturated rings. The van der Waals surface area contributed by atoms with E-state index in [2.05, 4.69) is 25.3 Å². The van der Waals surface area contributed by atoms with Crippen molar-refractivity contribution >= 4 is 11.7 Å². The van der Waals surface area contributed by atoms with Crippen LogP contribution in [0.15, 0.2) is 39.5 Å². The van der Waals surface area contributed by atoms with Crippen molar-refractivity contribution in [3.63, 3.8) is 0 Å². The van der Waals surface area contributed by atoms with E-state index in [-0.39, 0.29) is 18.2 Å². The van der Waals surface area contributed by atoms with Crippen LogP contribution in [0.3, 0.4) is 0 Å². The SMILES string of the molecule is Cc1nc(OCCNC(=O)c2cc(-c3ccco3)on2)cc(N2CCCCC2)n1. The van der Waals surface area contributed by atoms with Crippen LogP contribution < -0.4 is 15.0 Å². The highest BCUT2D eigenvalue weighted by Gasteiger charge is 2.16. The van der Waals surface area contributed by atoms with Crippen molar-refractivity contribution in [3.05, 3.63) is 42.0 Å². The van der Waals surface area contributed by atoms with Crippen LogP contribution in [0, 0.1) is 6.92 Å².